The zero-order valence-corrected chi connectivity index (χ0v) is 14.7. The lowest BCUT2D eigenvalue weighted by atomic mass is 10.0. The quantitative estimate of drug-likeness (QED) is 0.920. The number of carbonyl (C=O) groups is 2. The maximum atomic E-state index is 12.6. The summed E-state index contributed by atoms with van der Waals surface area (Å²) in [5.74, 6) is -0.0632. The van der Waals surface area contributed by atoms with Gasteiger partial charge >= 0.3 is 0 Å². The summed E-state index contributed by atoms with van der Waals surface area (Å²) >= 11 is 3.07. The monoisotopic (exact) mass is 348 g/mol. The molecule has 0 aliphatic carbocycles. The molecule has 1 saturated heterocycles. The Morgan fingerprint density at radius 2 is 2.22 bits per heavy atom. The first-order valence-corrected chi connectivity index (χ1v) is 9.63. The van der Waals surface area contributed by atoms with Crippen molar-refractivity contribution in [2.24, 2.45) is 0 Å². The van der Waals surface area contributed by atoms with Crippen LogP contribution in [0, 0.1) is 6.92 Å². The second-order valence-corrected chi connectivity index (χ2v) is 7.48. The van der Waals surface area contributed by atoms with Crippen molar-refractivity contribution in [3.8, 4) is 0 Å². The molecule has 2 aromatic rings. The largest absolute Gasteiger partial charge is 0.350 e. The number of hydrogen-bond donors (Lipinski definition) is 1. The molecule has 1 atom stereocenters. The van der Waals surface area contributed by atoms with Crippen molar-refractivity contribution in [1.82, 2.24) is 10.2 Å². The first kappa shape index (κ1) is 16.2. The van der Waals surface area contributed by atoms with Crippen LogP contribution in [0.4, 0.5) is 0 Å². The average molecular weight is 348 g/mol. The third kappa shape index (κ3) is 3.64. The van der Waals surface area contributed by atoms with E-state index >= 15 is 0 Å². The van der Waals surface area contributed by atoms with Gasteiger partial charge in [-0.25, -0.2) is 0 Å². The molecule has 1 N–H and O–H groups in total. The second-order valence-electron chi connectivity index (χ2n) is 5.79. The van der Waals surface area contributed by atoms with Crippen molar-refractivity contribution < 1.29 is 9.59 Å². The molecule has 0 aromatic carbocycles. The van der Waals surface area contributed by atoms with Crippen molar-refractivity contribution in [3.63, 3.8) is 0 Å². The van der Waals surface area contributed by atoms with Crippen molar-refractivity contribution in [2.75, 3.05) is 6.54 Å². The highest BCUT2D eigenvalue weighted by atomic mass is 32.1. The fourth-order valence-electron chi connectivity index (χ4n) is 2.86. The summed E-state index contributed by atoms with van der Waals surface area (Å²) in [5, 5.41) is 9.04. The molecule has 1 aliphatic heterocycles. The standard InChI is InChI=1S/C17H20N2O2S2/c1-12-10-22-11-13(12)9-18-16(20)14-5-2-3-7-19(14)17(21)15-6-4-8-23-15/h4,6,8,10-11,14H,2-3,5,7,9H2,1H3,(H,18,20)/t14-/m1/s1. The van der Waals surface area contributed by atoms with Gasteiger partial charge in [-0.15, -0.1) is 11.3 Å². The smallest absolute Gasteiger partial charge is 0.264 e. The van der Waals surface area contributed by atoms with E-state index in [1.165, 1.54) is 16.9 Å². The van der Waals surface area contributed by atoms with Gasteiger partial charge in [0.25, 0.3) is 5.91 Å². The molecule has 2 aromatic heterocycles. The molecule has 1 aliphatic rings. The Balaban J connectivity index is 1.67. The number of nitrogens with zero attached hydrogens (tertiary/aromatic N) is 1. The van der Waals surface area contributed by atoms with Crippen LogP contribution < -0.4 is 5.32 Å². The highest BCUT2D eigenvalue weighted by Gasteiger charge is 2.32. The third-order valence-electron chi connectivity index (χ3n) is 4.21. The van der Waals surface area contributed by atoms with Gasteiger partial charge in [-0.3, -0.25) is 9.59 Å². The molecule has 122 valence electrons. The van der Waals surface area contributed by atoms with E-state index in [1.807, 2.05) is 24.4 Å². The summed E-state index contributed by atoms with van der Waals surface area (Å²) in [6.45, 7) is 3.24. The zero-order valence-electron chi connectivity index (χ0n) is 13.1. The fourth-order valence-corrected chi connectivity index (χ4v) is 4.39. The van der Waals surface area contributed by atoms with Crippen LogP contribution in [0.5, 0.6) is 0 Å². The minimum absolute atomic E-state index is 0.0217. The highest BCUT2D eigenvalue weighted by molar-refractivity contribution is 7.12. The van der Waals surface area contributed by atoms with Crippen molar-refractivity contribution >= 4 is 34.5 Å². The molecule has 23 heavy (non-hydrogen) atoms. The van der Waals surface area contributed by atoms with Crippen LogP contribution in [0.25, 0.3) is 0 Å². The van der Waals surface area contributed by atoms with E-state index in [4.69, 9.17) is 0 Å². The predicted molar refractivity (Wildman–Crippen MR) is 93.9 cm³/mol. The molecule has 0 unspecified atom stereocenters. The van der Waals surface area contributed by atoms with Gasteiger partial charge in [0.2, 0.25) is 5.91 Å². The normalized spacial score (nSPS) is 18.0. The number of nitrogens with one attached hydrogen (secondary N) is 1. The van der Waals surface area contributed by atoms with Crippen LogP contribution in [0.3, 0.4) is 0 Å². The van der Waals surface area contributed by atoms with E-state index in [0.717, 1.165) is 24.8 Å². The summed E-state index contributed by atoms with van der Waals surface area (Å²) in [4.78, 5) is 27.7. The van der Waals surface area contributed by atoms with Crippen LogP contribution >= 0.6 is 22.7 Å². The Labute approximate surface area is 144 Å². The number of amides is 2. The van der Waals surface area contributed by atoms with Crippen LogP contribution in [0.1, 0.15) is 40.1 Å². The topological polar surface area (TPSA) is 49.4 Å². The molecule has 0 bridgehead atoms. The van der Waals surface area contributed by atoms with E-state index in [9.17, 15) is 9.59 Å². The third-order valence-corrected chi connectivity index (χ3v) is 5.98. The second kappa shape index (κ2) is 7.27. The Morgan fingerprint density at radius 3 is 2.91 bits per heavy atom. The first-order chi connectivity index (χ1) is 11.2. The number of piperidine rings is 1. The van der Waals surface area contributed by atoms with Gasteiger partial charge in [0.15, 0.2) is 0 Å². The molecular formula is C17H20N2O2S2. The molecule has 0 saturated carbocycles. The van der Waals surface area contributed by atoms with Gasteiger partial charge in [0.05, 0.1) is 4.88 Å². The lowest BCUT2D eigenvalue weighted by Gasteiger charge is -2.34. The summed E-state index contributed by atoms with van der Waals surface area (Å²) in [6, 6.07) is 3.35. The fraction of sp³-hybridized carbons (Fsp3) is 0.412. The Morgan fingerprint density at radius 1 is 1.35 bits per heavy atom. The number of aryl methyl sites for hydroxylation is 1. The Hall–Kier alpha value is -1.66. The van der Waals surface area contributed by atoms with Crippen LogP contribution in [0.2, 0.25) is 0 Å². The maximum absolute atomic E-state index is 12.6. The molecule has 0 radical (unpaired) electrons. The van der Waals surface area contributed by atoms with E-state index in [0.29, 0.717) is 18.0 Å². The lowest BCUT2D eigenvalue weighted by Crippen LogP contribution is -2.51. The molecule has 0 spiro atoms. The predicted octanol–water partition coefficient (Wildman–Crippen LogP) is 3.43. The summed E-state index contributed by atoms with van der Waals surface area (Å²) < 4.78 is 0. The number of thiophene rings is 2. The van der Waals surface area contributed by atoms with Crippen molar-refractivity contribution in [3.05, 3.63) is 44.3 Å². The average Bonchev–Trinajstić information content (AvgIpc) is 3.24. The SMILES string of the molecule is Cc1cscc1CNC(=O)[C@H]1CCCCN1C(=O)c1cccs1. The molecule has 2 amide bonds. The number of carbonyl (C=O) groups excluding carboxylic acids is 2. The number of rotatable bonds is 4. The van der Waals surface area contributed by atoms with Gasteiger partial charge in [-0.05, 0) is 59.5 Å². The van der Waals surface area contributed by atoms with Gasteiger partial charge in [-0.2, -0.15) is 11.3 Å². The summed E-state index contributed by atoms with van der Waals surface area (Å²) in [6.07, 6.45) is 2.69. The van der Waals surface area contributed by atoms with Crippen molar-refractivity contribution in [2.45, 2.75) is 38.8 Å². The van der Waals surface area contributed by atoms with Gasteiger partial charge in [0, 0.05) is 13.1 Å². The van der Waals surface area contributed by atoms with Gasteiger partial charge in [-0.1, -0.05) is 6.07 Å². The van der Waals surface area contributed by atoms with Gasteiger partial charge in [0.1, 0.15) is 6.04 Å². The molecule has 6 heteroatoms. The minimum atomic E-state index is -0.350. The van der Waals surface area contributed by atoms with E-state index < -0.39 is 0 Å². The first-order valence-electron chi connectivity index (χ1n) is 7.80. The van der Waals surface area contributed by atoms with E-state index in [1.54, 1.807) is 16.2 Å². The molecular weight excluding hydrogens is 328 g/mol. The summed E-state index contributed by atoms with van der Waals surface area (Å²) in [5.41, 5.74) is 2.35. The van der Waals surface area contributed by atoms with Crippen LogP contribution in [0.15, 0.2) is 28.3 Å². The molecule has 3 rings (SSSR count). The number of hydrogen-bond acceptors (Lipinski definition) is 4. The van der Waals surface area contributed by atoms with Crippen LogP contribution in [-0.4, -0.2) is 29.3 Å². The maximum Gasteiger partial charge on any atom is 0.264 e. The summed E-state index contributed by atoms with van der Waals surface area (Å²) in [7, 11) is 0. The zero-order chi connectivity index (χ0) is 16.2. The molecule has 3 heterocycles. The van der Waals surface area contributed by atoms with E-state index in [-0.39, 0.29) is 17.9 Å². The molecule has 1 fully saturated rings. The highest BCUT2D eigenvalue weighted by Crippen LogP contribution is 2.22. The van der Waals surface area contributed by atoms with Crippen molar-refractivity contribution in [1.29, 1.82) is 0 Å². The van der Waals surface area contributed by atoms with Crippen LogP contribution in [-0.2, 0) is 11.3 Å². The minimum Gasteiger partial charge on any atom is -0.350 e. The van der Waals surface area contributed by atoms with E-state index in [2.05, 4.69) is 16.1 Å². The van der Waals surface area contributed by atoms with Gasteiger partial charge < -0.3 is 10.2 Å². The lowest BCUT2D eigenvalue weighted by molar-refractivity contribution is -0.126. The Bertz CT molecular complexity index is 679. The Kier molecular flexibility index (Phi) is 5.13. The molecule has 4 nitrogen and oxygen atoms in total. The number of likely N-dealkylation sites (tertiary alicyclic amines) is 1.